The summed E-state index contributed by atoms with van der Waals surface area (Å²) in [5.74, 6) is -0.444. The Morgan fingerprint density at radius 2 is 2.08 bits per heavy atom. The molecule has 0 unspecified atom stereocenters. The molecule has 0 aliphatic heterocycles. The zero-order chi connectivity index (χ0) is 17.8. The SMILES string of the molecule is O=C(Nc1cc(Cl)ccc1OCC1CCC1)c1ccc(C(=O)O)nc1. The highest BCUT2D eigenvalue weighted by Crippen LogP contribution is 2.32. The summed E-state index contributed by atoms with van der Waals surface area (Å²) < 4.78 is 5.82. The van der Waals surface area contributed by atoms with E-state index in [0.29, 0.717) is 29.0 Å². The highest BCUT2D eigenvalue weighted by molar-refractivity contribution is 6.31. The van der Waals surface area contributed by atoms with Crippen molar-refractivity contribution in [3.8, 4) is 5.75 Å². The van der Waals surface area contributed by atoms with Gasteiger partial charge in [-0.2, -0.15) is 0 Å². The van der Waals surface area contributed by atoms with Crippen molar-refractivity contribution in [3.05, 3.63) is 52.8 Å². The van der Waals surface area contributed by atoms with Gasteiger partial charge in [0.25, 0.3) is 5.91 Å². The molecule has 1 heterocycles. The number of carbonyl (C=O) groups excluding carboxylic acids is 1. The molecule has 1 aromatic carbocycles. The summed E-state index contributed by atoms with van der Waals surface area (Å²) in [7, 11) is 0. The van der Waals surface area contributed by atoms with E-state index in [4.69, 9.17) is 21.4 Å². The van der Waals surface area contributed by atoms with Crippen LogP contribution < -0.4 is 10.1 Å². The molecule has 25 heavy (non-hydrogen) atoms. The molecule has 0 radical (unpaired) electrons. The van der Waals surface area contributed by atoms with Crippen LogP contribution in [0.3, 0.4) is 0 Å². The number of ether oxygens (including phenoxy) is 1. The van der Waals surface area contributed by atoms with Gasteiger partial charge in [-0.3, -0.25) is 4.79 Å². The number of carboxylic acid groups (broad SMARTS) is 1. The van der Waals surface area contributed by atoms with Crippen molar-refractivity contribution in [3.63, 3.8) is 0 Å². The minimum Gasteiger partial charge on any atom is -0.491 e. The van der Waals surface area contributed by atoms with E-state index in [1.54, 1.807) is 18.2 Å². The zero-order valence-corrected chi connectivity index (χ0v) is 14.1. The normalized spacial score (nSPS) is 13.8. The maximum Gasteiger partial charge on any atom is 0.354 e. The van der Waals surface area contributed by atoms with Crippen molar-refractivity contribution in [1.29, 1.82) is 0 Å². The second-order valence-corrected chi connectivity index (χ2v) is 6.38. The Kier molecular flexibility index (Phi) is 5.19. The number of halogens is 1. The topological polar surface area (TPSA) is 88.5 Å². The molecule has 3 rings (SSSR count). The van der Waals surface area contributed by atoms with Crippen molar-refractivity contribution in [2.75, 3.05) is 11.9 Å². The van der Waals surface area contributed by atoms with Crippen molar-refractivity contribution in [1.82, 2.24) is 4.98 Å². The molecule has 0 atom stereocenters. The Labute approximate surface area is 149 Å². The van der Waals surface area contributed by atoms with Gasteiger partial charge in [0, 0.05) is 11.2 Å². The van der Waals surface area contributed by atoms with E-state index < -0.39 is 11.9 Å². The first-order valence-corrected chi connectivity index (χ1v) is 8.34. The summed E-state index contributed by atoms with van der Waals surface area (Å²) in [6.45, 7) is 0.610. The van der Waals surface area contributed by atoms with E-state index in [2.05, 4.69) is 10.3 Å². The summed E-state index contributed by atoms with van der Waals surface area (Å²) in [6.07, 6.45) is 4.78. The molecule has 1 saturated carbocycles. The molecule has 130 valence electrons. The minimum atomic E-state index is -1.14. The van der Waals surface area contributed by atoms with E-state index >= 15 is 0 Å². The average Bonchev–Trinajstić information content (AvgIpc) is 2.55. The van der Waals surface area contributed by atoms with Gasteiger partial charge in [0.1, 0.15) is 11.4 Å². The van der Waals surface area contributed by atoms with Crippen LogP contribution in [0.25, 0.3) is 0 Å². The number of hydrogen-bond donors (Lipinski definition) is 2. The smallest absolute Gasteiger partial charge is 0.354 e. The number of nitrogens with one attached hydrogen (secondary N) is 1. The molecule has 7 heteroatoms. The number of aromatic carboxylic acids is 1. The summed E-state index contributed by atoms with van der Waals surface area (Å²) in [4.78, 5) is 26.9. The molecular formula is C18H17ClN2O4. The fourth-order valence-corrected chi connectivity index (χ4v) is 2.61. The minimum absolute atomic E-state index is 0.121. The van der Waals surface area contributed by atoms with Crippen LogP contribution in [0.1, 0.15) is 40.1 Å². The van der Waals surface area contributed by atoms with Gasteiger partial charge in [-0.25, -0.2) is 9.78 Å². The molecule has 0 bridgehead atoms. The molecule has 1 aliphatic carbocycles. The van der Waals surface area contributed by atoms with Crippen molar-refractivity contribution < 1.29 is 19.4 Å². The molecule has 1 fully saturated rings. The quantitative estimate of drug-likeness (QED) is 0.816. The molecule has 1 amide bonds. The van der Waals surface area contributed by atoms with E-state index in [1.807, 2.05) is 0 Å². The number of carbonyl (C=O) groups is 2. The maximum absolute atomic E-state index is 12.4. The highest BCUT2D eigenvalue weighted by Gasteiger charge is 2.19. The zero-order valence-electron chi connectivity index (χ0n) is 13.4. The Bertz CT molecular complexity index is 788. The fraction of sp³-hybridized carbons (Fsp3) is 0.278. The molecule has 2 aromatic rings. The van der Waals surface area contributed by atoms with Crippen LogP contribution in [0, 0.1) is 5.92 Å². The Morgan fingerprint density at radius 1 is 1.28 bits per heavy atom. The Hall–Kier alpha value is -2.60. The van der Waals surface area contributed by atoms with Gasteiger partial charge in [-0.15, -0.1) is 0 Å². The summed E-state index contributed by atoms with van der Waals surface area (Å²) >= 11 is 6.02. The number of hydrogen-bond acceptors (Lipinski definition) is 4. The molecule has 6 nitrogen and oxygen atoms in total. The van der Waals surface area contributed by atoms with Gasteiger partial charge in [0.2, 0.25) is 0 Å². The molecule has 0 saturated heterocycles. The van der Waals surface area contributed by atoms with E-state index in [1.165, 1.54) is 24.8 Å². The maximum atomic E-state index is 12.4. The van der Waals surface area contributed by atoms with Crippen LogP contribution in [-0.2, 0) is 0 Å². The number of amides is 1. The predicted octanol–water partition coefficient (Wildman–Crippen LogP) is 3.86. The molecular weight excluding hydrogens is 344 g/mol. The van der Waals surface area contributed by atoms with Gasteiger partial charge >= 0.3 is 5.97 Å². The monoisotopic (exact) mass is 360 g/mol. The number of nitrogens with zero attached hydrogens (tertiary/aromatic N) is 1. The van der Waals surface area contributed by atoms with Crippen LogP contribution in [0.2, 0.25) is 5.02 Å². The molecule has 1 aliphatic rings. The van der Waals surface area contributed by atoms with Crippen molar-refractivity contribution in [2.24, 2.45) is 5.92 Å². The summed E-state index contributed by atoms with van der Waals surface area (Å²) in [6, 6.07) is 7.74. The lowest BCUT2D eigenvalue weighted by Crippen LogP contribution is -2.20. The van der Waals surface area contributed by atoms with Gasteiger partial charge in [0.05, 0.1) is 17.9 Å². The van der Waals surface area contributed by atoms with Crippen LogP contribution in [0.15, 0.2) is 36.5 Å². The van der Waals surface area contributed by atoms with Gasteiger partial charge in [-0.1, -0.05) is 18.0 Å². The van der Waals surface area contributed by atoms with Crippen LogP contribution in [-0.4, -0.2) is 28.6 Å². The summed E-state index contributed by atoms with van der Waals surface area (Å²) in [5, 5.41) is 12.1. The van der Waals surface area contributed by atoms with Gasteiger partial charge in [0.15, 0.2) is 0 Å². The van der Waals surface area contributed by atoms with E-state index in [9.17, 15) is 9.59 Å². The van der Waals surface area contributed by atoms with Crippen LogP contribution >= 0.6 is 11.6 Å². The van der Waals surface area contributed by atoms with Crippen LogP contribution in [0.4, 0.5) is 5.69 Å². The molecule has 1 aromatic heterocycles. The number of carboxylic acids is 1. The first kappa shape index (κ1) is 17.2. The predicted molar refractivity (Wildman–Crippen MR) is 93.4 cm³/mol. The largest absolute Gasteiger partial charge is 0.491 e. The standard InChI is InChI=1S/C18H17ClN2O4/c19-13-5-7-16(25-10-11-2-1-3-11)15(8-13)21-17(22)12-4-6-14(18(23)24)20-9-12/h4-9,11H,1-3,10H2,(H,21,22)(H,23,24). The fourth-order valence-electron chi connectivity index (χ4n) is 2.44. The molecule has 0 spiro atoms. The highest BCUT2D eigenvalue weighted by atomic mass is 35.5. The van der Waals surface area contributed by atoms with Gasteiger partial charge < -0.3 is 15.2 Å². The third-order valence-corrected chi connectivity index (χ3v) is 4.37. The average molecular weight is 361 g/mol. The first-order valence-electron chi connectivity index (χ1n) is 7.96. The Balaban J connectivity index is 1.72. The second kappa shape index (κ2) is 7.53. The molecule has 2 N–H and O–H groups in total. The van der Waals surface area contributed by atoms with Gasteiger partial charge in [-0.05, 0) is 49.1 Å². The lowest BCUT2D eigenvalue weighted by atomic mass is 9.86. The second-order valence-electron chi connectivity index (χ2n) is 5.94. The summed E-state index contributed by atoms with van der Waals surface area (Å²) in [5.41, 5.74) is 0.595. The Morgan fingerprint density at radius 3 is 2.68 bits per heavy atom. The lowest BCUT2D eigenvalue weighted by molar-refractivity contribution is 0.0690. The van der Waals surface area contributed by atoms with Crippen molar-refractivity contribution >= 4 is 29.2 Å². The first-order chi connectivity index (χ1) is 12.0. The number of aromatic nitrogens is 1. The third-order valence-electron chi connectivity index (χ3n) is 4.13. The lowest BCUT2D eigenvalue weighted by Gasteiger charge is -2.25. The number of benzene rings is 1. The van der Waals surface area contributed by atoms with Crippen molar-refractivity contribution in [2.45, 2.75) is 19.3 Å². The van der Waals surface area contributed by atoms with Crippen LogP contribution in [0.5, 0.6) is 5.75 Å². The van der Waals surface area contributed by atoms with E-state index in [0.717, 1.165) is 12.8 Å². The number of pyridine rings is 1. The number of anilines is 1. The number of rotatable bonds is 6. The third kappa shape index (κ3) is 4.28. The van der Waals surface area contributed by atoms with E-state index in [-0.39, 0.29) is 11.3 Å².